The largest absolute Gasteiger partial charge is 0.491 e. The van der Waals surface area contributed by atoms with Gasteiger partial charge in [0.15, 0.2) is 10.9 Å². The van der Waals surface area contributed by atoms with Gasteiger partial charge in [0.1, 0.15) is 6.07 Å². The predicted molar refractivity (Wildman–Crippen MR) is 59.8 cm³/mol. The van der Waals surface area contributed by atoms with Crippen molar-refractivity contribution in [2.75, 3.05) is 5.75 Å². The first-order chi connectivity index (χ1) is 7.24. The number of imidazole rings is 1. The molecule has 0 bridgehead atoms. The summed E-state index contributed by atoms with van der Waals surface area (Å²) in [5, 5.41) is 19.0. The van der Waals surface area contributed by atoms with Crippen LogP contribution in [0.2, 0.25) is 0 Å². The Morgan fingerprint density at radius 3 is 3.00 bits per heavy atom. The molecule has 0 unspecified atom stereocenters. The van der Waals surface area contributed by atoms with E-state index in [1.807, 2.05) is 6.07 Å². The lowest BCUT2D eigenvalue weighted by Gasteiger charge is -2.03. The van der Waals surface area contributed by atoms with Crippen LogP contribution in [0.25, 0.3) is 0 Å². The minimum Gasteiger partial charge on any atom is -0.491 e. The van der Waals surface area contributed by atoms with Crippen molar-refractivity contribution >= 4 is 11.8 Å². The van der Waals surface area contributed by atoms with E-state index in [0.717, 1.165) is 12.2 Å². The van der Waals surface area contributed by atoms with Gasteiger partial charge in [-0.3, -0.25) is 0 Å². The number of allylic oxidation sites excluding steroid dienone is 1. The van der Waals surface area contributed by atoms with Crippen LogP contribution in [0.15, 0.2) is 17.8 Å². The van der Waals surface area contributed by atoms with Gasteiger partial charge in [0.05, 0.1) is 0 Å². The molecule has 0 fully saturated rings. The van der Waals surface area contributed by atoms with Crippen molar-refractivity contribution in [3.63, 3.8) is 0 Å². The third-order valence-corrected chi connectivity index (χ3v) is 2.95. The second-order valence-corrected chi connectivity index (χ2v) is 3.99. The van der Waals surface area contributed by atoms with Crippen LogP contribution in [0.3, 0.4) is 0 Å². The lowest BCUT2D eigenvalue weighted by molar-refractivity contribution is 0.452. The topological polar surface area (TPSA) is 61.8 Å². The molecule has 1 N–H and O–H groups in total. The molecular formula is C10H13N3OS. The Bertz CT molecular complexity index is 392. The molecule has 1 aromatic heterocycles. The molecule has 0 aromatic carbocycles. The second-order valence-electron chi connectivity index (χ2n) is 2.93. The first-order valence-corrected chi connectivity index (χ1v) is 5.66. The molecule has 0 saturated carbocycles. The molecule has 0 aliphatic rings. The quantitative estimate of drug-likeness (QED) is 0.613. The van der Waals surface area contributed by atoms with Crippen molar-refractivity contribution < 1.29 is 5.11 Å². The minimum absolute atomic E-state index is 0.196. The number of aromatic hydroxyl groups is 1. The third kappa shape index (κ3) is 2.54. The first kappa shape index (κ1) is 11.7. The molecule has 0 radical (unpaired) electrons. The summed E-state index contributed by atoms with van der Waals surface area (Å²) in [5.74, 6) is 0.719. The van der Waals surface area contributed by atoms with Crippen LogP contribution in [0.1, 0.15) is 19.0 Å². The Labute approximate surface area is 93.2 Å². The van der Waals surface area contributed by atoms with Gasteiger partial charge in [-0.2, -0.15) is 10.2 Å². The maximum absolute atomic E-state index is 9.44. The fourth-order valence-corrected chi connectivity index (χ4v) is 1.99. The van der Waals surface area contributed by atoms with E-state index in [1.54, 1.807) is 10.6 Å². The highest BCUT2D eigenvalue weighted by atomic mass is 32.2. The summed E-state index contributed by atoms with van der Waals surface area (Å²) in [6.45, 7) is 6.17. The van der Waals surface area contributed by atoms with Crippen molar-refractivity contribution in [1.29, 1.82) is 5.26 Å². The van der Waals surface area contributed by atoms with Gasteiger partial charge in [-0.25, -0.2) is 0 Å². The lowest BCUT2D eigenvalue weighted by Crippen LogP contribution is -2.00. The third-order valence-electron chi connectivity index (χ3n) is 1.77. The molecular weight excluding hydrogens is 210 g/mol. The summed E-state index contributed by atoms with van der Waals surface area (Å²) in [6.07, 6.45) is 2.70. The van der Waals surface area contributed by atoms with Gasteiger partial charge >= 0.3 is 0 Å². The van der Waals surface area contributed by atoms with Crippen LogP contribution >= 0.6 is 11.8 Å². The summed E-state index contributed by atoms with van der Waals surface area (Å²) in [7, 11) is 0. The van der Waals surface area contributed by atoms with Gasteiger partial charge in [0, 0.05) is 12.3 Å². The van der Waals surface area contributed by atoms with Gasteiger partial charge in [-0.05, 0) is 6.42 Å². The first-order valence-electron chi connectivity index (χ1n) is 4.67. The molecule has 4 nitrogen and oxygen atoms in total. The van der Waals surface area contributed by atoms with E-state index in [4.69, 9.17) is 5.26 Å². The average Bonchev–Trinajstić information content (AvgIpc) is 2.52. The van der Waals surface area contributed by atoms with Crippen LogP contribution in [0.4, 0.5) is 0 Å². The molecule has 5 heteroatoms. The molecule has 1 aromatic rings. The van der Waals surface area contributed by atoms with E-state index in [1.165, 1.54) is 11.8 Å². The van der Waals surface area contributed by atoms with Gasteiger partial charge in [-0.15, -0.1) is 6.58 Å². The zero-order valence-corrected chi connectivity index (χ0v) is 9.42. The number of nitrogens with zero attached hydrogens (tertiary/aromatic N) is 3. The Morgan fingerprint density at radius 1 is 1.73 bits per heavy atom. The number of nitriles is 1. The number of hydrogen-bond donors (Lipinski definition) is 1. The minimum atomic E-state index is -0.196. The number of rotatable bonds is 5. The molecule has 0 amide bonds. The Hall–Kier alpha value is -1.41. The van der Waals surface area contributed by atoms with Gasteiger partial charge in [0.25, 0.3) is 0 Å². The Balaban J connectivity index is 3.04. The van der Waals surface area contributed by atoms with E-state index in [9.17, 15) is 5.11 Å². The molecule has 0 aliphatic heterocycles. The summed E-state index contributed by atoms with van der Waals surface area (Å²) in [5.41, 5.74) is 0.202. The maximum atomic E-state index is 9.44. The summed E-state index contributed by atoms with van der Waals surface area (Å²) in [4.78, 5) is 3.95. The smallest absolute Gasteiger partial charge is 0.249 e. The highest BCUT2D eigenvalue weighted by Gasteiger charge is 2.15. The lowest BCUT2D eigenvalue weighted by atomic mass is 10.4. The molecule has 0 saturated heterocycles. The summed E-state index contributed by atoms with van der Waals surface area (Å²) >= 11 is 1.53. The predicted octanol–water partition coefficient (Wildman–Crippen LogP) is 2.15. The Morgan fingerprint density at radius 2 is 2.47 bits per heavy atom. The number of hydrogen-bond acceptors (Lipinski definition) is 4. The second kappa shape index (κ2) is 5.47. The fraction of sp³-hybridized carbons (Fsp3) is 0.400. The van der Waals surface area contributed by atoms with E-state index >= 15 is 0 Å². The van der Waals surface area contributed by atoms with Gasteiger partial charge in [-0.1, -0.05) is 24.8 Å². The van der Waals surface area contributed by atoms with Crippen molar-refractivity contribution in [2.45, 2.75) is 25.0 Å². The molecule has 80 valence electrons. The molecule has 0 atom stereocenters. The Kier molecular flexibility index (Phi) is 4.25. The molecule has 0 aliphatic carbocycles. The van der Waals surface area contributed by atoms with Crippen LogP contribution in [0, 0.1) is 11.3 Å². The van der Waals surface area contributed by atoms with Crippen molar-refractivity contribution in [3.05, 3.63) is 18.3 Å². The fourth-order valence-electron chi connectivity index (χ4n) is 1.13. The zero-order valence-electron chi connectivity index (χ0n) is 8.60. The van der Waals surface area contributed by atoms with Crippen LogP contribution in [0.5, 0.6) is 5.88 Å². The SMILES string of the molecule is C=CCn1c(SCCC)nc(O)c1C#N. The molecule has 1 rings (SSSR count). The van der Waals surface area contributed by atoms with E-state index in [-0.39, 0.29) is 11.6 Å². The van der Waals surface area contributed by atoms with E-state index < -0.39 is 0 Å². The van der Waals surface area contributed by atoms with Crippen LogP contribution < -0.4 is 0 Å². The number of thioether (sulfide) groups is 1. The standard InChI is InChI=1S/C10H13N3OS/c1-3-5-13-8(7-11)9(14)12-10(13)15-6-4-2/h3,14H,1,4-6H2,2H3. The van der Waals surface area contributed by atoms with E-state index in [2.05, 4.69) is 18.5 Å². The number of aromatic nitrogens is 2. The average molecular weight is 223 g/mol. The zero-order chi connectivity index (χ0) is 11.3. The highest BCUT2D eigenvalue weighted by Crippen LogP contribution is 2.25. The summed E-state index contributed by atoms with van der Waals surface area (Å²) < 4.78 is 1.67. The van der Waals surface area contributed by atoms with Crippen LogP contribution in [-0.2, 0) is 6.54 Å². The van der Waals surface area contributed by atoms with E-state index in [0.29, 0.717) is 11.7 Å². The maximum Gasteiger partial charge on any atom is 0.249 e. The van der Waals surface area contributed by atoms with Crippen LogP contribution in [-0.4, -0.2) is 20.4 Å². The molecule has 1 heterocycles. The molecule has 0 spiro atoms. The van der Waals surface area contributed by atoms with Gasteiger partial charge < -0.3 is 9.67 Å². The summed E-state index contributed by atoms with van der Waals surface area (Å²) in [6, 6.07) is 1.93. The van der Waals surface area contributed by atoms with Crippen molar-refractivity contribution in [3.8, 4) is 11.9 Å². The van der Waals surface area contributed by atoms with Gasteiger partial charge in [0.2, 0.25) is 5.88 Å². The van der Waals surface area contributed by atoms with Crippen molar-refractivity contribution in [1.82, 2.24) is 9.55 Å². The monoisotopic (exact) mass is 223 g/mol. The molecule has 15 heavy (non-hydrogen) atoms. The highest BCUT2D eigenvalue weighted by molar-refractivity contribution is 7.99. The van der Waals surface area contributed by atoms with Crippen molar-refractivity contribution in [2.24, 2.45) is 0 Å². The normalized spacial score (nSPS) is 9.87.